The third-order valence-electron chi connectivity index (χ3n) is 5.24. The molecule has 1 aliphatic carbocycles. The first kappa shape index (κ1) is 13.9. The summed E-state index contributed by atoms with van der Waals surface area (Å²) in [4.78, 5) is 13.8. The van der Waals surface area contributed by atoms with Crippen LogP contribution in [0.5, 0.6) is 0 Å². The minimum Gasteiger partial charge on any atom is -0.481 e. The molecule has 1 saturated carbocycles. The van der Waals surface area contributed by atoms with Gasteiger partial charge >= 0.3 is 5.97 Å². The molecule has 0 radical (unpaired) electrons. The zero-order valence-corrected chi connectivity index (χ0v) is 11.8. The smallest absolute Gasteiger partial charge is 0.310 e. The molecule has 2 fully saturated rings. The first-order valence-corrected chi connectivity index (χ1v) is 7.51. The number of hydrogen-bond donors (Lipinski definition) is 1. The van der Waals surface area contributed by atoms with Crippen LogP contribution in [-0.4, -0.2) is 35.6 Å². The van der Waals surface area contributed by atoms with Crippen LogP contribution in [0.1, 0.15) is 52.4 Å². The number of rotatable bonds is 4. The molecular formula is C15H27NO2. The summed E-state index contributed by atoms with van der Waals surface area (Å²) >= 11 is 0. The Hall–Kier alpha value is -0.570. The second kappa shape index (κ2) is 5.60. The zero-order chi connectivity index (χ0) is 13.2. The molecule has 3 nitrogen and oxygen atoms in total. The molecule has 1 N–H and O–H groups in total. The number of fused-ring (bicyclic) bond motifs is 1. The molecule has 18 heavy (non-hydrogen) atoms. The Kier molecular flexibility index (Phi) is 4.31. The first-order valence-electron chi connectivity index (χ1n) is 7.51. The fraction of sp³-hybridized carbons (Fsp3) is 0.933. The summed E-state index contributed by atoms with van der Waals surface area (Å²) in [5.74, 6) is 1.12. The van der Waals surface area contributed by atoms with Crippen molar-refractivity contribution in [3.8, 4) is 0 Å². The molecular weight excluding hydrogens is 226 g/mol. The molecule has 1 saturated heterocycles. The van der Waals surface area contributed by atoms with Crippen molar-refractivity contribution in [2.45, 2.75) is 52.4 Å². The Bertz CT molecular complexity index is 305. The monoisotopic (exact) mass is 253 g/mol. The highest BCUT2D eigenvalue weighted by molar-refractivity contribution is 5.74. The maximum absolute atomic E-state index is 11.4. The molecule has 3 unspecified atom stereocenters. The molecule has 3 heteroatoms. The van der Waals surface area contributed by atoms with E-state index >= 15 is 0 Å². The Balaban J connectivity index is 1.93. The van der Waals surface area contributed by atoms with Crippen LogP contribution in [-0.2, 0) is 4.79 Å². The number of carboxylic acid groups (broad SMARTS) is 1. The maximum atomic E-state index is 11.4. The highest BCUT2D eigenvalue weighted by Gasteiger charge is 2.37. The molecule has 0 amide bonds. The van der Waals surface area contributed by atoms with Crippen LogP contribution < -0.4 is 0 Å². The SMILES string of the molecule is CCC(C)(CN1CCC2CCCCC2C1)C(=O)O. The summed E-state index contributed by atoms with van der Waals surface area (Å²) in [6.45, 7) is 6.84. The minimum atomic E-state index is -0.643. The van der Waals surface area contributed by atoms with Gasteiger partial charge in [-0.3, -0.25) is 4.79 Å². The average molecular weight is 253 g/mol. The molecule has 0 spiro atoms. The standard InChI is InChI=1S/C15H27NO2/c1-3-15(2,14(17)18)11-16-9-8-12-6-4-5-7-13(12)10-16/h12-13H,3-11H2,1-2H3,(H,17,18). The van der Waals surface area contributed by atoms with Crippen molar-refractivity contribution in [3.63, 3.8) is 0 Å². The summed E-state index contributed by atoms with van der Waals surface area (Å²) in [6.07, 6.45) is 7.54. The van der Waals surface area contributed by atoms with Crippen LogP contribution in [0.15, 0.2) is 0 Å². The molecule has 1 heterocycles. The Morgan fingerprint density at radius 1 is 1.28 bits per heavy atom. The lowest BCUT2D eigenvalue weighted by Gasteiger charge is -2.43. The predicted molar refractivity (Wildman–Crippen MR) is 72.5 cm³/mol. The first-order chi connectivity index (χ1) is 8.55. The van der Waals surface area contributed by atoms with Crippen molar-refractivity contribution in [1.82, 2.24) is 4.90 Å². The van der Waals surface area contributed by atoms with E-state index in [-0.39, 0.29) is 0 Å². The number of carbonyl (C=O) groups is 1. The van der Waals surface area contributed by atoms with Crippen molar-refractivity contribution < 1.29 is 9.90 Å². The third-order valence-corrected chi connectivity index (χ3v) is 5.24. The van der Waals surface area contributed by atoms with Gasteiger partial charge in [-0.1, -0.05) is 26.2 Å². The van der Waals surface area contributed by atoms with E-state index in [4.69, 9.17) is 0 Å². The van der Waals surface area contributed by atoms with E-state index in [0.717, 1.165) is 31.5 Å². The fourth-order valence-electron chi connectivity index (χ4n) is 3.64. The molecule has 0 aromatic heterocycles. The topological polar surface area (TPSA) is 40.5 Å². The van der Waals surface area contributed by atoms with Gasteiger partial charge in [0.15, 0.2) is 0 Å². The predicted octanol–water partition coefficient (Wildman–Crippen LogP) is 3.00. The number of aliphatic carboxylic acids is 1. The number of hydrogen-bond acceptors (Lipinski definition) is 2. The normalized spacial score (nSPS) is 32.6. The van der Waals surface area contributed by atoms with Gasteiger partial charge in [-0.05, 0) is 44.6 Å². The molecule has 0 bridgehead atoms. The van der Waals surface area contributed by atoms with Crippen LogP contribution in [0, 0.1) is 17.3 Å². The van der Waals surface area contributed by atoms with Gasteiger partial charge < -0.3 is 10.0 Å². The van der Waals surface area contributed by atoms with Gasteiger partial charge in [-0.2, -0.15) is 0 Å². The van der Waals surface area contributed by atoms with Crippen LogP contribution in [0.3, 0.4) is 0 Å². The highest BCUT2D eigenvalue weighted by Crippen LogP contribution is 2.37. The second-order valence-corrected chi connectivity index (χ2v) is 6.55. The van der Waals surface area contributed by atoms with Crippen molar-refractivity contribution in [2.24, 2.45) is 17.3 Å². The zero-order valence-electron chi connectivity index (χ0n) is 11.8. The quantitative estimate of drug-likeness (QED) is 0.837. The van der Waals surface area contributed by atoms with Gasteiger partial charge in [0.25, 0.3) is 0 Å². The van der Waals surface area contributed by atoms with E-state index in [9.17, 15) is 9.90 Å². The maximum Gasteiger partial charge on any atom is 0.310 e. The van der Waals surface area contributed by atoms with E-state index < -0.39 is 11.4 Å². The van der Waals surface area contributed by atoms with Crippen molar-refractivity contribution in [3.05, 3.63) is 0 Å². The summed E-state index contributed by atoms with van der Waals surface area (Å²) in [5.41, 5.74) is -0.568. The number of likely N-dealkylation sites (tertiary alicyclic amines) is 1. The number of carboxylic acids is 1. The lowest BCUT2D eigenvalue weighted by atomic mass is 9.74. The van der Waals surface area contributed by atoms with E-state index in [1.807, 2.05) is 13.8 Å². The average Bonchev–Trinajstić information content (AvgIpc) is 2.38. The molecule has 104 valence electrons. The van der Waals surface area contributed by atoms with Crippen LogP contribution in [0.4, 0.5) is 0 Å². The van der Waals surface area contributed by atoms with Crippen LogP contribution >= 0.6 is 0 Å². The second-order valence-electron chi connectivity index (χ2n) is 6.55. The largest absolute Gasteiger partial charge is 0.481 e. The van der Waals surface area contributed by atoms with Gasteiger partial charge in [-0.15, -0.1) is 0 Å². The molecule has 2 rings (SSSR count). The van der Waals surface area contributed by atoms with E-state index in [1.165, 1.54) is 32.1 Å². The Morgan fingerprint density at radius 2 is 1.94 bits per heavy atom. The number of piperidine rings is 1. The summed E-state index contributed by atoms with van der Waals surface area (Å²) < 4.78 is 0. The Labute approximate surface area is 111 Å². The molecule has 0 aromatic carbocycles. The summed E-state index contributed by atoms with van der Waals surface area (Å²) in [6, 6.07) is 0. The third kappa shape index (κ3) is 2.87. The van der Waals surface area contributed by atoms with E-state index in [2.05, 4.69) is 4.90 Å². The molecule has 2 aliphatic rings. The Morgan fingerprint density at radius 3 is 2.56 bits per heavy atom. The van der Waals surface area contributed by atoms with Crippen molar-refractivity contribution in [2.75, 3.05) is 19.6 Å². The molecule has 1 aliphatic heterocycles. The lowest BCUT2D eigenvalue weighted by Crippen LogP contribution is -2.48. The van der Waals surface area contributed by atoms with Gasteiger partial charge in [0.1, 0.15) is 0 Å². The number of nitrogens with zero attached hydrogens (tertiary/aromatic N) is 1. The fourth-order valence-corrected chi connectivity index (χ4v) is 3.64. The van der Waals surface area contributed by atoms with Gasteiger partial charge in [-0.25, -0.2) is 0 Å². The minimum absolute atomic E-state index is 0.568. The molecule has 3 atom stereocenters. The van der Waals surface area contributed by atoms with E-state index in [1.54, 1.807) is 0 Å². The van der Waals surface area contributed by atoms with Gasteiger partial charge in [0.05, 0.1) is 5.41 Å². The van der Waals surface area contributed by atoms with Crippen LogP contribution in [0.2, 0.25) is 0 Å². The molecule has 0 aromatic rings. The van der Waals surface area contributed by atoms with Crippen molar-refractivity contribution in [1.29, 1.82) is 0 Å². The summed E-state index contributed by atoms with van der Waals surface area (Å²) in [7, 11) is 0. The van der Waals surface area contributed by atoms with E-state index in [0.29, 0.717) is 6.42 Å². The highest BCUT2D eigenvalue weighted by atomic mass is 16.4. The van der Waals surface area contributed by atoms with Gasteiger partial charge in [0.2, 0.25) is 0 Å². The van der Waals surface area contributed by atoms with Gasteiger partial charge in [0, 0.05) is 13.1 Å². The van der Waals surface area contributed by atoms with Crippen LogP contribution in [0.25, 0.3) is 0 Å². The summed E-state index contributed by atoms with van der Waals surface area (Å²) in [5, 5.41) is 9.37. The van der Waals surface area contributed by atoms with Crippen molar-refractivity contribution >= 4 is 5.97 Å². The lowest BCUT2D eigenvalue weighted by molar-refractivity contribution is -0.149.